The Morgan fingerprint density at radius 2 is 2.00 bits per heavy atom. The fraction of sp³-hybridized carbons (Fsp3) is 0.222. The van der Waals surface area contributed by atoms with Crippen LogP contribution in [0.1, 0.15) is 13.3 Å². The first-order chi connectivity index (χ1) is 5.33. The van der Waals surface area contributed by atoms with E-state index in [1.54, 1.807) is 0 Å². The second kappa shape index (κ2) is 4.19. The fourth-order valence-electron chi connectivity index (χ4n) is 0.703. The first-order valence-electron chi connectivity index (χ1n) is 3.63. The lowest BCUT2D eigenvalue weighted by molar-refractivity contribution is 1.28. The van der Waals surface area contributed by atoms with Crippen molar-refractivity contribution in [2.75, 3.05) is 0 Å². The second-order valence-electron chi connectivity index (χ2n) is 2.19. The van der Waals surface area contributed by atoms with E-state index >= 15 is 0 Å². The van der Waals surface area contributed by atoms with Crippen molar-refractivity contribution in [2.24, 2.45) is 0 Å². The number of rotatable bonds is 2. The van der Waals surface area contributed by atoms with E-state index in [1.807, 2.05) is 37.3 Å². The van der Waals surface area contributed by atoms with E-state index in [2.05, 4.69) is 0 Å². The van der Waals surface area contributed by atoms with E-state index in [0.29, 0.717) is 0 Å². The quantitative estimate of drug-likeness (QED) is 0.406. The largest absolute Gasteiger partial charge is 0.298 e. The van der Waals surface area contributed by atoms with Crippen LogP contribution in [0.15, 0.2) is 35.2 Å². The van der Waals surface area contributed by atoms with Crippen molar-refractivity contribution in [3.05, 3.63) is 30.3 Å². The van der Waals surface area contributed by atoms with Gasteiger partial charge in [0.05, 0.1) is 5.04 Å². The molecule has 0 amide bonds. The van der Waals surface area contributed by atoms with Crippen molar-refractivity contribution < 1.29 is 0 Å². The molecular formula is C9H11NS. The Labute approximate surface area is 71.3 Å². The fourth-order valence-corrected chi connectivity index (χ4v) is 1.43. The van der Waals surface area contributed by atoms with Gasteiger partial charge >= 0.3 is 0 Å². The Morgan fingerprint density at radius 3 is 2.55 bits per heavy atom. The molecule has 0 atom stereocenters. The Morgan fingerprint density at radius 1 is 1.36 bits per heavy atom. The zero-order valence-corrected chi connectivity index (χ0v) is 7.32. The van der Waals surface area contributed by atoms with Crippen LogP contribution >= 0.6 is 11.8 Å². The van der Waals surface area contributed by atoms with Crippen molar-refractivity contribution in [3.63, 3.8) is 0 Å². The predicted octanol–water partition coefficient (Wildman–Crippen LogP) is 3.17. The van der Waals surface area contributed by atoms with Crippen LogP contribution in [0.2, 0.25) is 0 Å². The third-order valence-corrected chi connectivity index (χ3v) is 2.35. The number of thioether (sulfide) groups is 1. The van der Waals surface area contributed by atoms with Crippen molar-refractivity contribution >= 4 is 16.8 Å². The average molecular weight is 165 g/mol. The Bertz CT molecular complexity index is 231. The molecule has 1 nitrogen and oxygen atoms in total. The van der Waals surface area contributed by atoms with E-state index in [0.717, 1.165) is 16.4 Å². The first-order valence-corrected chi connectivity index (χ1v) is 4.45. The third-order valence-electron chi connectivity index (χ3n) is 1.31. The minimum absolute atomic E-state index is 0.719. The Hall–Kier alpha value is -0.760. The molecule has 0 bridgehead atoms. The van der Waals surface area contributed by atoms with Gasteiger partial charge in [-0.15, -0.1) is 0 Å². The van der Waals surface area contributed by atoms with Crippen LogP contribution in [-0.2, 0) is 0 Å². The number of hydrogen-bond acceptors (Lipinski definition) is 2. The van der Waals surface area contributed by atoms with Gasteiger partial charge in [0.15, 0.2) is 0 Å². The number of nitrogens with one attached hydrogen (secondary N) is 1. The highest BCUT2D eigenvalue weighted by atomic mass is 32.2. The molecule has 0 aliphatic heterocycles. The minimum atomic E-state index is 0.719. The van der Waals surface area contributed by atoms with Crippen molar-refractivity contribution in [3.8, 4) is 0 Å². The van der Waals surface area contributed by atoms with Gasteiger partial charge in [-0.25, -0.2) is 0 Å². The van der Waals surface area contributed by atoms with E-state index in [9.17, 15) is 0 Å². The summed E-state index contributed by atoms with van der Waals surface area (Å²) in [6, 6.07) is 10.0. The van der Waals surface area contributed by atoms with Crippen LogP contribution in [0.5, 0.6) is 0 Å². The SMILES string of the molecule is CCC(=N)Sc1ccccc1. The highest BCUT2D eigenvalue weighted by Gasteiger charge is 1.95. The lowest BCUT2D eigenvalue weighted by Gasteiger charge is -1.98. The summed E-state index contributed by atoms with van der Waals surface area (Å²) in [6.45, 7) is 2.00. The Balaban J connectivity index is 2.58. The lowest BCUT2D eigenvalue weighted by atomic mass is 10.4. The maximum absolute atomic E-state index is 7.44. The van der Waals surface area contributed by atoms with E-state index in [-0.39, 0.29) is 0 Å². The molecule has 11 heavy (non-hydrogen) atoms. The molecule has 0 fully saturated rings. The molecular weight excluding hydrogens is 154 g/mol. The number of benzene rings is 1. The zero-order chi connectivity index (χ0) is 8.10. The molecule has 0 saturated carbocycles. The maximum atomic E-state index is 7.44. The summed E-state index contributed by atoms with van der Waals surface area (Å²) in [6.07, 6.45) is 0.819. The molecule has 0 spiro atoms. The molecule has 1 aromatic carbocycles. The monoisotopic (exact) mass is 165 g/mol. The molecule has 1 aromatic rings. The topological polar surface area (TPSA) is 23.9 Å². The van der Waals surface area contributed by atoms with Gasteiger partial charge < -0.3 is 0 Å². The molecule has 0 saturated heterocycles. The van der Waals surface area contributed by atoms with E-state index in [4.69, 9.17) is 5.41 Å². The van der Waals surface area contributed by atoms with Gasteiger partial charge in [0.25, 0.3) is 0 Å². The second-order valence-corrected chi connectivity index (χ2v) is 3.36. The van der Waals surface area contributed by atoms with Crippen molar-refractivity contribution in [1.82, 2.24) is 0 Å². The van der Waals surface area contributed by atoms with Crippen LogP contribution in [0, 0.1) is 5.41 Å². The summed E-state index contributed by atoms with van der Waals surface area (Å²) in [7, 11) is 0. The van der Waals surface area contributed by atoms with Gasteiger partial charge in [-0.3, -0.25) is 5.41 Å². The van der Waals surface area contributed by atoms with Gasteiger partial charge in [0.2, 0.25) is 0 Å². The molecule has 1 rings (SSSR count). The highest BCUT2D eigenvalue weighted by Crippen LogP contribution is 2.18. The Kier molecular flexibility index (Phi) is 3.17. The summed E-state index contributed by atoms with van der Waals surface area (Å²) in [5, 5.41) is 8.16. The van der Waals surface area contributed by atoms with Crippen molar-refractivity contribution in [1.29, 1.82) is 5.41 Å². The molecule has 2 heteroatoms. The van der Waals surface area contributed by atoms with Gasteiger partial charge in [-0.1, -0.05) is 36.9 Å². The molecule has 1 N–H and O–H groups in total. The molecule has 0 unspecified atom stereocenters. The first kappa shape index (κ1) is 8.34. The van der Waals surface area contributed by atoms with Crippen LogP contribution < -0.4 is 0 Å². The predicted molar refractivity (Wildman–Crippen MR) is 50.3 cm³/mol. The molecule has 0 aromatic heterocycles. The summed E-state index contributed by atoms with van der Waals surface area (Å²) in [5.41, 5.74) is 0. The molecule has 0 aliphatic rings. The maximum Gasteiger partial charge on any atom is 0.0686 e. The highest BCUT2D eigenvalue weighted by molar-refractivity contribution is 8.13. The summed E-state index contributed by atoms with van der Waals surface area (Å²) < 4.78 is 0. The van der Waals surface area contributed by atoms with Gasteiger partial charge in [-0.2, -0.15) is 0 Å². The molecule has 58 valence electrons. The van der Waals surface area contributed by atoms with Crippen LogP contribution in [0.4, 0.5) is 0 Å². The third kappa shape index (κ3) is 2.76. The molecule has 0 heterocycles. The average Bonchev–Trinajstić information content (AvgIpc) is 2.06. The van der Waals surface area contributed by atoms with Crippen molar-refractivity contribution in [2.45, 2.75) is 18.2 Å². The van der Waals surface area contributed by atoms with Crippen LogP contribution in [-0.4, -0.2) is 5.04 Å². The van der Waals surface area contributed by atoms with E-state index < -0.39 is 0 Å². The normalized spacial score (nSPS) is 9.55. The summed E-state index contributed by atoms with van der Waals surface area (Å²) in [4.78, 5) is 1.15. The van der Waals surface area contributed by atoms with Crippen LogP contribution in [0.3, 0.4) is 0 Å². The zero-order valence-electron chi connectivity index (χ0n) is 6.50. The summed E-state index contributed by atoms with van der Waals surface area (Å²) in [5.74, 6) is 0. The standard InChI is InChI=1S/C9H11NS/c1-2-9(10)11-8-6-4-3-5-7-8/h3-7,10H,2H2,1H3. The van der Waals surface area contributed by atoms with Gasteiger partial charge in [0.1, 0.15) is 0 Å². The minimum Gasteiger partial charge on any atom is -0.298 e. The number of hydrogen-bond donors (Lipinski definition) is 1. The molecule has 0 radical (unpaired) electrons. The summed E-state index contributed by atoms with van der Waals surface area (Å²) >= 11 is 1.53. The van der Waals surface area contributed by atoms with Crippen LogP contribution in [0.25, 0.3) is 0 Å². The lowest BCUT2D eigenvalue weighted by Crippen LogP contribution is -1.84. The van der Waals surface area contributed by atoms with Gasteiger partial charge in [0, 0.05) is 4.90 Å². The smallest absolute Gasteiger partial charge is 0.0686 e. The molecule has 0 aliphatic carbocycles. The van der Waals surface area contributed by atoms with Gasteiger partial charge in [-0.05, 0) is 18.6 Å². The van der Waals surface area contributed by atoms with E-state index in [1.165, 1.54) is 11.8 Å².